The van der Waals surface area contributed by atoms with Crippen LogP contribution in [0.25, 0.3) is 0 Å². The Morgan fingerprint density at radius 3 is 2.78 bits per heavy atom. The van der Waals surface area contributed by atoms with Gasteiger partial charge in [-0.1, -0.05) is 0 Å². The summed E-state index contributed by atoms with van der Waals surface area (Å²) in [6, 6.07) is 2.75. The first-order chi connectivity index (χ1) is 8.43. The van der Waals surface area contributed by atoms with Gasteiger partial charge in [0, 0.05) is 6.54 Å². The first-order valence-electron chi connectivity index (χ1n) is 5.50. The highest BCUT2D eigenvalue weighted by Gasteiger charge is 2.15. The minimum Gasteiger partial charge on any atom is -0.478 e. The Morgan fingerprint density at radius 1 is 1.56 bits per heavy atom. The highest BCUT2D eigenvalue weighted by molar-refractivity contribution is 9.10. The largest absolute Gasteiger partial charge is 0.478 e. The van der Waals surface area contributed by atoms with Gasteiger partial charge in [0.1, 0.15) is 0 Å². The highest BCUT2D eigenvalue weighted by Crippen LogP contribution is 2.26. The lowest BCUT2D eigenvalue weighted by molar-refractivity contribution is 0.0695. The molecule has 0 aromatic heterocycles. The average Bonchev–Trinajstić information content (AvgIpc) is 2.29. The third-order valence-electron chi connectivity index (χ3n) is 2.18. The van der Waals surface area contributed by atoms with Gasteiger partial charge < -0.3 is 15.2 Å². The van der Waals surface area contributed by atoms with Gasteiger partial charge >= 0.3 is 5.97 Å². The van der Waals surface area contributed by atoms with Crippen molar-refractivity contribution in [3.63, 3.8) is 0 Å². The van der Waals surface area contributed by atoms with Gasteiger partial charge in [-0.05, 0) is 41.9 Å². The average molecular weight is 320 g/mol. The molecule has 0 atom stereocenters. The number of rotatable bonds is 6. The molecule has 0 spiro atoms. The summed E-state index contributed by atoms with van der Waals surface area (Å²) in [6.45, 7) is 4.74. The zero-order valence-electron chi connectivity index (χ0n) is 10.2. The molecule has 0 fully saturated rings. The number of hydrogen-bond acceptors (Lipinski definition) is 3. The van der Waals surface area contributed by atoms with Gasteiger partial charge in [0.05, 0.1) is 28.4 Å². The summed E-state index contributed by atoms with van der Waals surface area (Å²) in [4.78, 5) is 10.8. The SMILES string of the molecule is CC(C)OCCNc1ccc(C(=O)O)c(Br)c1F. The number of ether oxygens (including phenoxy) is 1. The number of carboxylic acids is 1. The van der Waals surface area contributed by atoms with Crippen LogP contribution in [0.4, 0.5) is 10.1 Å². The van der Waals surface area contributed by atoms with E-state index in [2.05, 4.69) is 21.2 Å². The Hall–Kier alpha value is -1.14. The fourth-order valence-electron chi connectivity index (χ4n) is 1.33. The second kappa shape index (κ2) is 6.70. The van der Waals surface area contributed by atoms with Crippen LogP contribution in [0.15, 0.2) is 16.6 Å². The second-order valence-corrected chi connectivity index (χ2v) is 4.73. The van der Waals surface area contributed by atoms with E-state index in [4.69, 9.17) is 9.84 Å². The van der Waals surface area contributed by atoms with Gasteiger partial charge in [-0.2, -0.15) is 0 Å². The van der Waals surface area contributed by atoms with E-state index in [9.17, 15) is 9.18 Å². The molecule has 1 aromatic rings. The standard InChI is InChI=1S/C12H15BrFNO3/c1-7(2)18-6-5-15-9-4-3-8(12(16)17)10(13)11(9)14/h3-4,7,15H,5-6H2,1-2H3,(H,16,17). The summed E-state index contributed by atoms with van der Waals surface area (Å²) in [5, 5.41) is 11.7. The smallest absolute Gasteiger partial charge is 0.336 e. The van der Waals surface area contributed by atoms with Crippen LogP contribution in [0.2, 0.25) is 0 Å². The minimum atomic E-state index is -1.17. The lowest BCUT2D eigenvalue weighted by Crippen LogP contribution is -2.14. The third kappa shape index (κ3) is 3.96. The monoisotopic (exact) mass is 319 g/mol. The minimum absolute atomic E-state index is 0.0511. The fourth-order valence-corrected chi connectivity index (χ4v) is 1.85. The van der Waals surface area contributed by atoms with Crippen molar-refractivity contribution in [2.45, 2.75) is 20.0 Å². The lowest BCUT2D eigenvalue weighted by atomic mass is 10.2. The van der Waals surface area contributed by atoms with Crippen LogP contribution in [0.5, 0.6) is 0 Å². The van der Waals surface area contributed by atoms with E-state index in [0.29, 0.717) is 13.2 Å². The molecule has 0 saturated heterocycles. The molecular weight excluding hydrogens is 305 g/mol. The quantitative estimate of drug-likeness (QED) is 0.791. The van der Waals surface area contributed by atoms with Gasteiger partial charge in [-0.3, -0.25) is 0 Å². The normalized spacial score (nSPS) is 10.7. The molecule has 0 radical (unpaired) electrons. The molecule has 0 aliphatic rings. The maximum atomic E-state index is 13.8. The van der Waals surface area contributed by atoms with Crippen LogP contribution in [-0.2, 0) is 4.74 Å². The van der Waals surface area contributed by atoms with Crippen LogP contribution in [-0.4, -0.2) is 30.3 Å². The third-order valence-corrected chi connectivity index (χ3v) is 2.96. The number of carbonyl (C=O) groups is 1. The number of benzene rings is 1. The van der Waals surface area contributed by atoms with Crippen molar-refractivity contribution < 1.29 is 19.0 Å². The molecule has 1 rings (SSSR count). The Morgan fingerprint density at radius 2 is 2.22 bits per heavy atom. The van der Waals surface area contributed by atoms with Crippen LogP contribution in [0, 0.1) is 5.82 Å². The first kappa shape index (κ1) is 14.9. The molecule has 0 aliphatic carbocycles. The summed E-state index contributed by atoms with van der Waals surface area (Å²) in [6.07, 6.45) is 0.123. The predicted octanol–water partition coefficient (Wildman–Crippen LogP) is 3.12. The number of carboxylic acid groups (broad SMARTS) is 1. The molecule has 6 heteroatoms. The van der Waals surface area contributed by atoms with Crippen molar-refractivity contribution in [2.24, 2.45) is 0 Å². The second-order valence-electron chi connectivity index (χ2n) is 3.94. The molecular formula is C12H15BrFNO3. The summed E-state index contributed by atoms with van der Waals surface area (Å²) >= 11 is 2.94. The number of halogens is 2. The van der Waals surface area contributed by atoms with Crippen molar-refractivity contribution in [3.05, 3.63) is 28.0 Å². The summed E-state index contributed by atoms with van der Waals surface area (Å²) in [5.74, 6) is -1.78. The molecule has 0 saturated carbocycles. The number of aromatic carboxylic acids is 1. The number of nitrogens with one attached hydrogen (secondary N) is 1. The summed E-state index contributed by atoms with van der Waals surface area (Å²) in [7, 11) is 0. The Labute approximate surface area is 113 Å². The first-order valence-corrected chi connectivity index (χ1v) is 6.29. The Bertz CT molecular complexity index is 438. The van der Waals surface area contributed by atoms with Crippen molar-refractivity contribution in [3.8, 4) is 0 Å². The van der Waals surface area contributed by atoms with E-state index in [0.717, 1.165) is 0 Å². The molecule has 4 nitrogen and oxygen atoms in total. The molecule has 0 amide bonds. The van der Waals surface area contributed by atoms with Gasteiger partial charge in [0.25, 0.3) is 0 Å². The summed E-state index contributed by atoms with van der Waals surface area (Å²) < 4.78 is 19.0. The molecule has 100 valence electrons. The van der Waals surface area contributed by atoms with Crippen molar-refractivity contribution in [2.75, 3.05) is 18.5 Å². The molecule has 2 N–H and O–H groups in total. The number of anilines is 1. The van der Waals surface area contributed by atoms with Gasteiger partial charge in [-0.15, -0.1) is 0 Å². The number of hydrogen-bond donors (Lipinski definition) is 2. The van der Waals surface area contributed by atoms with Gasteiger partial charge in [0.2, 0.25) is 0 Å². The molecule has 1 aromatic carbocycles. The van der Waals surface area contributed by atoms with E-state index in [1.165, 1.54) is 12.1 Å². The van der Waals surface area contributed by atoms with Crippen LogP contribution in [0.1, 0.15) is 24.2 Å². The topological polar surface area (TPSA) is 58.6 Å². The summed E-state index contributed by atoms with van der Waals surface area (Å²) in [5.41, 5.74) is 0.149. The lowest BCUT2D eigenvalue weighted by Gasteiger charge is -2.11. The van der Waals surface area contributed by atoms with Crippen LogP contribution < -0.4 is 5.32 Å². The highest BCUT2D eigenvalue weighted by atomic mass is 79.9. The van der Waals surface area contributed by atoms with Gasteiger partial charge in [-0.25, -0.2) is 9.18 Å². The molecule has 18 heavy (non-hydrogen) atoms. The fraction of sp³-hybridized carbons (Fsp3) is 0.417. The molecule has 0 bridgehead atoms. The van der Waals surface area contributed by atoms with Crippen molar-refractivity contribution in [1.29, 1.82) is 0 Å². The maximum Gasteiger partial charge on any atom is 0.336 e. The predicted molar refractivity (Wildman–Crippen MR) is 70.6 cm³/mol. The molecule has 0 heterocycles. The molecule has 0 aliphatic heterocycles. The van der Waals surface area contributed by atoms with Gasteiger partial charge in [0.15, 0.2) is 5.82 Å². The van der Waals surface area contributed by atoms with E-state index >= 15 is 0 Å². The zero-order chi connectivity index (χ0) is 13.7. The van der Waals surface area contributed by atoms with Crippen LogP contribution >= 0.6 is 15.9 Å². The van der Waals surface area contributed by atoms with E-state index < -0.39 is 11.8 Å². The van der Waals surface area contributed by atoms with Crippen molar-refractivity contribution in [1.82, 2.24) is 0 Å². The van der Waals surface area contributed by atoms with Crippen LogP contribution in [0.3, 0.4) is 0 Å². The molecule has 0 unspecified atom stereocenters. The van der Waals surface area contributed by atoms with Crippen molar-refractivity contribution >= 4 is 27.6 Å². The van der Waals surface area contributed by atoms with E-state index in [-0.39, 0.29) is 21.8 Å². The Kier molecular flexibility index (Phi) is 5.55. The van der Waals surface area contributed by atoms with E-state index in [1.54, 1.807) is 0 Å². The Balaban J connectivity index is 2.68. The van der Waals surface area contributed by atoms with E-state index in [1.807, 2.05) is 13.8 Å². The maximum absolute atomic E-state index is 13.8. The zero-order valence-corrected chi connectivity index (χ0v) is 11.8.